The Balaban J connectivity index is 2.78. The molecular formula is C16H20N2O2. The Bertz CT molecular complexity index is 507. The van der Waals surface area contributed by atoms with E-state index in [4.69, 9.17) is 10.00 Å². The van der Waals surface area contributed by atoms with Crippen molar-refractivity contribution in [1.82, 2.24) is 4.90 Å². The van der Waals surface area contributed by atoms with Crippen molar-refractivity contribution in [2.24, 2.45) is 0 Å². The van der Waals surface area contributed by atoms with E-state index in [-0.39, 0.29) is 6.09 Å². The number of hydrogen-bond acceptors (Lipinski definition) is 3. The lowest BCUT2D eigenvalue weighted by molar-refractivity contribution is 0.0257. The number of carbonyl (C=O) groups is 1. The average molecular weight is 272 g/mol. The zero-order valence-corrected chi connectivity index (χ0v) is 12.2. The van der Waals surface area contributed by atoms with Gasteiger partial charge in [-0.3, -0.25) is 0 Å². The van der Waals surface area contributed by atoms with Gasteiger partial charge in [0.05, 0.1) is 11.6 Å². The third-order valence-electron chi connectivity index (χ3n) is 2.46. The van der Waals surface area contributed by atoms with Crippen LogP contribution in [0.4, 0.5) is 4.79 Å². The molecule has 0 spiro atoms. The Kier molecular flexibility index (Phi) is 5.33. The number of rotatable bonds is 4. The van der Waals surface area contributed by atoms with Gasteiger partial charge in [0.2, 0.25) is 0 Å². The normalized spacial score (nSPS) is 10.5. The molecule has 0 aliphatic rings. The summed E-state index contributed by atoms with van der Waals surface area (Å²) >= 11 is 0. The molecule has 106 valence electrons. The summed E-state index contributed by atoms with van der Waals surface area (Å²) in [6.07, 6.45) is 1.29. The lowest BCUT2D eigenvalue weighted by Crippen LogP contribution is -2.36. The van der Waals surface area contributed by atoms with Crippen molar-refractivity contribution in [2.75, 3.05) is 6.54 Å². The fourth-order valence-corrected chi connectivity index (χ4v) is 1.59. The van der Waals surface area contributed by atoms with Gasteiger partial charge in [0.1, 0.15) is 5.60 Å². The van der Waals surface area contributed by atoms with Gasteiger partial charge in [0.15, 0.2) is 0 Å². The molecule has 0 radical (unpaired) electrons. The highest BCUT2D eigenvalue weighted by Crippen LogP contribution is 2.13. The highest BCUT2D eigenvalue weighted by atomic mass is 16.6. The molecule has 1 rings (SSSR count). The molecule has 0 saturated carbocycles. The molecular weight excluding hydrogens is 252 g/mol. The van der Waals surface area contributed by atoms with E-state index in [1.54, 1.807) is 23.1 Å². The lowest BCUT2D eigenvalue weighted by atomic mass is 10.1. The molecule has 0 atom stereocenters. The standard InChI is InChI=1S/C16H20N2O2/c1-5-10-18(15(19)20-16(2,3)4)12-14-8-6-13(11-17)7-9-14/h5-9H,1,10,12H2,2-4H3. The number of ether oxygens (including phenoxy) is 1. The van der Waals surface area contributed by atoms with E-state index in [0.717, 1.165) is 5.56 Å². The van der Waals surface area contributed by atoms with Crippen molar-refractivity contribution in [2.45, 2.75) is 32.9 Å². The molecule has 0 saturated heterocycles. The Hall–Kier alpha value is -2.28. The average Bonchev–Trinajstić information content (AvgIpc) is 2.37. The zero-order chi connectivity index (χ0) is 15.2. The summed E-state index contributed by atoms with van der Waals surface area (Å²) in [5, 5.41) is 8.76. The van der Waals surface area contributed by atoms with Crippen molar-refractivity contribution < 1.29 is 9.53 Å². The second-order valence-electron chi connectivity index (χ2n) is 5.46. The number of nitriles is 1. The van der Waals surface area contributed by atoms with Crippen molar-refractivity contribution in [3.63, 3.8) is 0 Å². The second-order valence-corrected chi connectivity index (χ2v) is 5.46. The summed E-state index contributed by atoms with van der Waals surface area (Å²) in [5.41, 5.74) is 1.01. The van der Waals surface area contributed by atoms with Crippen LogP contribution in [-0.4, -0.2) is 23.1 Å². The third kappa shape index (κ3) is 5.15. The minimum Gasteiger partial charge on any atom is -0.444 e. The maximum atomic E-state index is 12.1. The predicted octanol–water partition coefficient (Wildman–Crippen LogP) is 3.48. The number of carbonyl (C=O) groups excluding carboxylic acids is 1. The number of amides is 1. The van der Waals surface area contributed by atoms with E-state index in [0.29, 0.717) is 18.7 Å². The highest BCUT2D eigenvalue weighted by molar-refractivity contribution is 5.68. The third-order valence-corrected chi connectivity index (χ3v) is 2.46. The summed E-state index contributed by atoms with van der Waals surface area (Å²) in [7, 11) is 0. The number of benzene rings is 1. The van der Waals surface area contributed by atoms with E-state index >= 15 is 0 Å². The zero-order valence-electron chi connectivity index (χ0n) is 12.2. The first-order valence-corrected chi connectivity index (χ1v) is 6.43. The minimum atomic E-state index is -0.527. The van der Waals surface area contributed by atoms with Gasteiger partial charge in [-0.1, -0.05) is 18.2 Å². The Morgan fingerprint density at radius 3 is 2.45 bits per heavy atom. The quantitative estimate of drug-likeness (QED) is 0.788. The maximum Gasteiger partial charge on any atom is 0.410 e. The van der Waals surface area contributed by atoms with Crippen molar-refractivity contribution in [1.29, 1.82) is 5.26 Å². The summed E-state index contributed by atoms with van der Waals surface area (Å²) in [5.74, 6) is 0. The molecule has 0 unspecified atom stereocenters. The Morgan fingerprint density at radius 2 is 2.00 bits per heavy atom. The van der Waals surface area contributed by atoms with Crippen molar-refractivity contribution in [3.8, 4) is 6.07 Å². The number of hydrogen-bond donors (Lipinski definition) is 0. The van der Waals surface area contributed by atoms with Gasteiger partial charge in [-0.2, -0.15) is 5.26 Å². The van der Waals surface area contributed by atoms with Gasteiger partial charge in [0.25, 0.3) is 0 Å². The van der Waals surface area contributed by atoms with Crippen LogP contribution in [0.5, 0.6) is 0 Å². The van der Waals surface area contributed by atoms with Gasteiger partial charge < -0.3 is 9.64 Å². The van der Waals surface area contributed by atoms with Crippen LogP contribution in [-0.2, 0) is 11.3 Å². The van der Waals surface area contributed by atoms with Gasteiger partial charge in [-0.15, -0.1) is 6.58 Å². The molecule has 20 heavy (non-hydrogen) atoms. The van der Waals surface area contributed by atoms with E-state index in [1.165, 1.54) is 0 Å². The van der Waals surface area contributed by atoms with Crippen LogP contribution < -0.4 is 0 Å². The van der Waals surface area contributed by atoms with Crippen LogP contribution in [0.1, 0.15) is 31.9 Å². The van der Waals surface area contributed by atoms with E-state index in [1.807, 2.05) is 32.9 Å². The maximum absolute atomic E-state index is 12.1. The Labute approximate surface area is 120 Å². The van der Waals surface area contributed by atoms with Gasteiger partial charge in [-0.05, 0) is 38.5 Å². The summed E-state index contributed by atoms with van der Waals surface area (Å²) in [4.78, 5) is 13.6. The minimum absolute atomic E-state index is 0.373. The second kappa shape index (κ2) is 6.76. The lowest BCUT2D eigenvalue weighted by Gasteiger charge is -2.26. The van der Waals surface area contributed by atoms with Crippen molar-refractivity contribution in [3.05, 3.63) is 48.0 Å². The van der Waals surface area contributed by atoms with Gasteiger partial charge in [-0.25, -0.2) is 4.79 Å². The Morgan fingerprint density at radius 1 is 1.40 bits per heavy atom. The SMILES string of the molecule is C=CCN(Cc1ccc(C#N)cc1)C(=O)OC(C)(C)C. The van der Waals surface area contributed by atoms with Crippen LogP contribution in [0, 0.1) is 11.3 Å². The molecule has 4 heteroatoms. The summed E-state index contributed by atoms with van der Waals surface area (Å²) in [6.45, 7) is 9.99. The molecule has 0 fully saturated rings. The molecule has 1 amide bonds. The van der Waals surface area contributed by atoms with E-state index in [9.17, 15) is 4.79 Å². The molecule has 0 heterocycles. The van der Waals surface area contributed by atoms with Crippen LogP contribution >= 0.6 is 0 Å². The van der Waals surface area contributed by atoms with E-state index < -0.39 is 5.60 Å². The molecule has 0 aliphatic heterocycles. The molecule has 0 aliphatic carbocycles. The van der Waals surface area contributed by atoms with E-state index in [2.05, 4.69) is 12.6 Å². The monoisotopic (exact) mass is 272 g/mol. The highest BCUT2D eigenvalue weighted by Gasteiger charge is 2.21. The van der Waals surface area contributed by atoms with Gasteiger partial charge >= 0.3 is 6.09 Å². The molecule has 0 bridgehead atoms. The first-order valence-electron chi connectivity index (χ1n) is 6.43. The van der Waals surface area contributed by atoms with Crippen molar-refractivity contribution >= 4 is 6.09 Å². The van der Waals surface area contributed by atoms with Crippen LogP contribution in [0.15, 0.2) is 36.9 Å². The fraction of sp³-hybridized carbons (Fsp3) is 0.375. The van der Waals surface area contributed by atoms with Gasteiger partial charge in [0, 0.05) is 13.1 Å². The molecule has 0 aromatic heterocycles. The topological polar surface area (TPSA) is 53.3 Å². The number of nitrogens with zero attached hydrogens (tertiary/aromatic N) is 2. The van der Waals surface area contributed by atoms with Crippen LogP contribution in [0.2, 0.25) is 0 Å². The first kappa shape index (κ1) is 15.8. The largest absolute Gasteiger partial charge is 0.444 e. The summed E-state index contributed by atoms with van der Waals surface area (Å²) < 4.78 is 5.36. The van der Waals surface area contributed by atoms with Crippen LogP contribution in [0.25, 0.3) is 0 Å². The molecule has 4 nitrogen and oxygen atoms in total. The predicted molar refractivity (Wildman–Crippen MR) is 78.0 cm³/mol. The first-order chi connectivity index (χ1) is 9.35. The fourth-order valence-electron chi connectivity index (χ4n) is 1.59. The molecule has 1 aromatic rings. The molecule has 1 aromatic carbocycles. The van der Waals surface area contributed by atoms with Crippen LogP contribution in [0.3, 0.4) is 0 Å². The smallest absolute Gasteiger partial charge is 0.410 e. The summed E-state index contributed by atoms with van der Waals surface area (Å²) in [6, 6.07) is 9.20. The molecule has 0 N–H and O–H groups in total.